The lowest BCUT2D eigenvalue weighted by molar-refractivity contribution is 0.474. The summed E-state index contributed by atoms with van der Waals surface area (Å²) in [5, 5.41) is 6.02. The Morgan fingerprint density at radius 1 is 1.28 bits per heavy atom. The van der Waals surface area contributed by atoms with Gasteiger partial charge in [0.15, 0.2) is 0 Å². The van der Waals surface area contributed by atoms with Crippen molar-refractivity contribution in [2.24, 2.45) is 0 Å². The fourth-order valence-corrected chi connectivity index (χ4v) is 5.41. The highest BCUT2D eigenvalue weighted by Gasteiger charge is 2.19. The highest BCUT2D eigenvalue weighted by molar-refractivity contribution is 7.85. The zero-order chi connectivity index (χ0) is 12.4. The normalized spacial score (nSPS) is 28.0. The van der Waals surface area contributed by atoms with Gasteiger partial charge < -0.3 is 5.32 Å². The molecule has 1 aliphatic heterocycles. The first-order valence-corrected chi connectivity index (χ1v) is 9.36. The topological polar surface area (TPSA) is 29.1 Å². The molecule has 4 heteroatoms. The highest BCUT2D eigenvalue weighted by Crippen LogP contribution is 2.30. The second-order valence-corrected chi connectivity index (χ2v) is 8.03. The van der Waals surface area contributed by atoms with Crippen molar-refractivity contribution in [1.29, 1.82) is 0 Å². The molecule has 0 unspecified atom stereocenters. The maximum atomic E-state index is 11.3. The highest BCUT2D eigenvalue weighted by atomic mass is 32.2. The fourth-order valence-electron chi connectivity index (χ4n) is 2.96. The predicted octanol–water partition coefficient (Wildman–Crippen LogP) is 2.63. The van der Waals surface area contributed by atoms with E-state index in [1.165, 1.54) is 31.2 Å². The molecule has 100 valence electrons. The Bertz CT molecular complexity index is 431. The van der Waals surface area contributed by atoms with E-state index in [9.17, 15) is 4.21 Å². The van der Waals surface area contributed by atoms with E-state index >= 15 is 0 Å². The third kappa shape index (κ3) is 2.86. The molecular weight excluding hydrogens is 262 g/mol. The lowest BCUT2D eigenvalue weighted by atomic mass is 9.96. The molecule has 2 heterocycles. The zero-order valence-electron chi connectivity index (χ0n) is 10.7. The summed E-state index contributed by atoms with van der Waals surface area (Å²) in [5.41, 5.74) is 3.17. The van der Waals surface area contributed by atoms with Gasteiger partial charge in [0.25, 0.3) is 0 Å². The Hall–Kier alpha value is -0.190. The van der Waals surface area contributed by atoms with Crippen molar-refractivity contribution in [2.45, 2.75) is 51.1 Å². The maximum absolute atomic E-state index is 11.3. The van der Waals surface area contributed by atoms with Gasteiger partial charge >= 0.3 is 0 Å². The number of fused-ring (bicyclic) bond motifs is 1. The molecule has 0 atom stereocenters. The average Bonchev–Trinajstić information content (AvgIpc) is 2.82. The van der Waals surface area contributed by atoms with Crippen molar-refractivity contribution in [1.82, 2.24) is 5.32 Å². The fraction of sp³-hybridized carbons (Fsp3) is 0.714. The molecule has 0 aromatic carbocycles. The first-order valence-electron chi connectivity index (χ1n) is 6.99. The quantitative estimate of drug-likeness (QED) is 0.924. The molecule has 0 amide bonds. The average molecular weight is 283 g/mol. The van der Waals surface area contributed by atoms with Crippen LogP contribution in [0.2, 0.25) is 0 Å². The Balaban J connectivity index is 1.57. The predicted molar refractivity (Wildman–Crippen MR) is 78.7 cm³/mol. The summed E-state index contributed by atoms with van der Waals surface area (Å²) in [7, 11) is -0.541. The van der Waals surface area contributed by atoms with Gasteiger partial charge in [-0.05, 0) is 55.0 Å². The van der Waals surface area contributed by atoms with E-state index in [2.05, 4.69) is 10.7 Å². The Labute approximate surface area is 116 Å². The van der Waals surface area contributed by atoms with Gasteiger partial charge in [0.2, 0.25) is 0 Å². The molecule has 0 bridgehead atoms. The van der Waals surface area contributed by atoms with E-state index < -0.39 is 10.8 Å². The minimum absolute atomic E-state index is 0.541. The summed E-state index contributed by atoms with van der Waals surface area (Å²) in [6.07, 6.45) is 7.47. The van der Waals surface area contributed by atoms with Gasteiger partial charge in [0, 0.05) is 39.8 Å². The molecule has 0 spiro atoms. The van der Waals surface area contributed by atoms with E-state index in [1.807, 2.05) is 11.3 Å². The summed E-state index contributed by atoms with van der Waals surface area (Å²) < 4.78 is 11.3. The van der Waals surface area contributed by atoms with Crippen LogP contribution in [0.15, 0.2) is 5.38 Å². The number of rotatable bonds is 3. The number of nitrogens with one attached hydrogen (secondary N) is 1. The van der Waals surface area contributed by atoms with Crippen LogP contribution in [0.4, 0.5) is 0 Å². The molecule has 1 aromatic rings. The molecule has 0 radical (unpaired) electrons. The monoisotopic (exact) mass is 283 g/mol. The van der Waals surface area contributed by atoms with Gasteiger partial charge in [-0.3, -0.25) is 4.21 Å². The van der Waals surface area contributed by atoms with Crippen molar-refractivity contribution >= 4 is 22.1 Å². The molecule has 1 saturated heterocycles. The van der Waals surface area contributed by atoms with Gasteiger partial charge in [-0.15, -0.1) is 11.3 Å². The molecule has 1 N–H and O–H groups in total. The van der Waals surface area contributed by atoms with E-state index in [0.717, 1.165) is 30.9 Å². The van der Waals surface area contributed by atoms with Crippen LogP contribution >= 0.6 is 11.3 Å². The lowest BCUT2D eigenvalue weighted by Gasteiger charge is -2.23. The van der Waals surface area contributed by atoms with Crippen LogP contribution in [0, 0.1) is 0 Å². The van der Waals surface area contributed by atoms with Crippen molar-refractivity contribution in [2.75, 3.05) is 11.5 Å². The third-order valence-electron chi connectivity index (χ3n) is 4.12. The first-order chi connectivity index (χ1) is 8.83. The van der Waals surface area contributed by atoms with Crippen molar-refractivity contribution in [3.63, 3.8) is 0 Å². The van der Waals surface area contributed by atoms with Crippen molar-refractivity contribution in [3.8, 4) is 0 Å². The number of hydrogen-bond donors (Lipinski definition) is 1. The SMILES string of the molecule is O=S1CCC(NCc2csc3c2CCCC3)CC1. The number of thiophene rings is 1. The van der Waals surface area contributed by atoms with Crippen LogP contribution in [0.5, 0.6) is 0 Å². The third-order valence-corrected chi connectivity index (χ3v) is 6.64. The number of hydrogen-bond acceptors (Lipinski definition) is 3. The van der Waals surface area contributed by atoms with E-state index in [-0.39, 0.29) is 0 Å². The molecule has 2 aliphatic rings. The molecule has 2 nitrogen and oxygen atoms in total. The minimum Gasteiger partial charge on any atom is -0.310 e. The van der Waals surface area contributed by atoms with Gasteiger partial charge in [-0.25, -0.2) is 0 Å². The second-order valence-electron chi connectivity index (χ2n) is 5.37. The summed E-state index contributed by atoms with van der Waals surface area (Å²) in [5.74, 6) is 1.78. The zero-order valence-corrected chi connectivity index (χ0v) is 12.4. The molecule has 0 saturated carbocycles. The van der Waals surface area contributed by atoms with Gasteiger partial charge in [-0.2, -0.15) is 0 Å². The van der Waals surface area contributed by atoms with Crippen LogP contribution in [0.3, 0.4) is 0 Å². The Kier molecular flexibility index (Phi) is 4.16. The first kappa shape index (κ1) is 12.8. The molecular formula is C14H21NOS2. The second kappa shape index (κ2) is 5.85. The van der Waals surface area contributed by atoms with E-state index in [0.29, 0.717) is 6.04 Å². The van der Waals surface area contributed by atoms with Crippen LogP contribution < -0.4 is 5.32 Å². The van der Waals surface area contributed by atoms with Crippen molar-refractivity contribution < 1.29 is 4.21 Å². The van der Waals surface area contributed by atoms with E-state index in [4.69, 9.17) is 0 Å². The smallest absolute Gasteiger partial charge is 0.0249 e. The Morgan fingerprint density at radius 3 is 2.89 bits per heavy atom. The van der Waals surface area contributed by atoms with E-state index in [1.54, 1.807) is 10.4 Å². The summed E-state index contributed by atoms with van der Waals surface area (Å²) >= 11 is 1.95. The van der Waals surface area contributed by atoms with Gasteiger partial charge in [0.1, 0.15) is 0 Å². The molecule has 3 rings (SSSR count). The molecule has 1 aliphatic carbocycles. The molecule has 1 fully saturated rings. The maximum Gasteiger partial charge on any atom is 0.0249 e. The summed E-state index contributed by atoms with van der Waals surface area (Å²) in [6.45, 7) is 1.02. The largest absolute Gasteiger partial charge is 0.310 e. The molecule has 18 heavy (non-hydrogen) atoms. The van der Waals surface area contributed by atoms with Crippen LogP contribution in [0.25, 0.3) is 0 Å². The van der Waals surface area contributed by atoms with Crippen molar-refractivity contribution in [3.05, 3.63) is 21.4 Å². The lowest BCUT2D eigenvalue weighted by Crippen LogP contribution is -2.35. The van der Waals surface area contributed by atoms with Crippen LogP contribution in [-0.4, -0.2) is 21.8 Å². The number of aryl methyl sites for hydroxylation is 1. The molecule has 1 aromatic heterocycles. The summed E-state index contributed by atoms with van der Waals surface area (Å²) in [4.78, 5) is 1.63. The Morgan fingerprint density at radius 2 is 2.06 bits per heavy atom. The standard InChI is InChI=1S/C14H21NOS2/c16-18-7-5-12(6-8-18)15-9-11-10-17-14-4-2-1-3-13(11)14/h10,12,15H,1-9H2. The van der Waals surface area contributed by atoms with Crippen LogP contribution in [-0.2, 0) is 30.2 Å². The summed E-state index contributed by atoms with van der Waals surface area (Å²) in [6, 6.07) is 0.585. The minimum atomic E-state index is -0.541. The van der Waals surface area contributed by atoms with Gasteiger partial charge in [-0.1, -0.05) is 0 Å². The van der Waals surface area contributed by atoms with Crippen LogP contribution in [0.1, 0.15) is 41.7 Å². The van der Waals surface area contributed by atoms with Gasteiger partial charge in [0.05, 0.1) is 0 Å².